The maximum absolute atomic E-state index is 4.81. The molecule has 1 heterocycles. The molecule has 0 atom stereocenters. The number of aryl methyl sites for hydroxylation is 1. The van der Waals surface area contributed by atoms with Gasteiger partial charge in [0.15, 0.2) is 5.82 Å². The second-order valence-electron chi connectivity index (χ2n) is 5.16. The maximum Gasteiger partial charge on any atom is 0.160 e. The van der Waals surface area contributed by atoms with E-state index in [2.05, 4.69) is 48.3 Å². The van der Waals surface area contributed by atoms with Gasteiger partial charge in [0, 0.05) is 28.8 Å². The lowest BCUT2D eigenvalue weighted by molar-refractivity contribution is 1.06. The first-order chi connectivity index (χ1) is 9.83. The summed E-state index contributed by atoms with van der Waals surface area (Å²) in [5.74, 6) is 0.818. The maximum atomic E-state index is 4.81. The van der Waals surface area contributed by atoms with E-state index >= 15 is 0 Å². The standard InChI is InChI=1S/C18H14N2/c1-12-16-11-14-9-5-6-10-15(14)17(16)20-18(19-12)13-7-3-2-4-8-13/h2-10H,11H2,1H3. The van der Waals surface area contributed by atoms with Gasteiger partial charge in [0.25, 0.3) is 0 Å². The van der Waals surface area contributed by atoms with Crippen LogP contribution in [0.5, 0.6) is 0 Å². The molecule has 3 aromatic rings. The lowest BCUT2D eigenvalue weighted by Gasteiger charge is -2.07. The van der Waals surface area contributed by atoms with Gasteiger partial charge in [0.05, 0.1) is 5.69 Å². The van der Waals surface area contributed by atoms with E-state index in [9.17, 15) is 0 Å². The third-order valence-electron chi connectivity index (χ3n) is 3.89. The second kappa shape index (κ2) is 4.27. The smallest absolute Gasteiger partial charge is 0.160 e. The van der Waals surface area contributed by atoms with E-state index in [0.29, 0.717) is 0 Å². The molecule has 2 nitrogen and oxygen atoms in total. The van der Waals surface area contributed by atoms with Gasteiger partial charge < -0.3 is 0 Å². The van der Waals surface area contributed by atoms with Gasteiger partial charge in [-0.2, -0.15) is 0 Å². The van der Waals surface area contributed by atoms with Crippen molar-refractivity contribution in [3.8, 4) is 22.6 Å². The van der Waals surface area contributed by atoms with Crippen LogP contribution < -0.4 is 0 Å². The van der Waals surface area contributed by atoms with E-state index in [0.717, 1.165) is 29.2 Å². The lowest BCUT2D eigenvalue weighted by Crippen LogP contribution is -1.98. The van der Waals surface area contributed by atoms with E-state index in [-0.39, 0.29) is 0 Å². The van der Waals surface area contributed by atoms with Crippen molar-refractivity contribution >= 4 is 0 Å². The molecule has 0 fully saturated rings. The predicted octanol–water partition coefficient (Wildman–Crippen LogP) is 4.02. The van der Waals surface area contributed by atoms with Crippen molar-refractivity contribution in [1.29, 1.82) is 0 Å². The normalized spacial score (nSPS) is 12.1. The minimum Gasteiger partial charge on any atom is -0.233 e. The van der Waals surface area contributed by atoms with Crippen molar-refractivity contribution in [3.63, 3.8) is 0 Å². The molecule has 20 heavy (non-hydrogen) atoms. The SMILES string of the molecule is Cc1nc(-c2ccccc2)nc2c1Cc1ccccc1-2. The molecule has 0 radical (unpaired) electrons. The molecule has 4 rings (SSSR count). The highest BCUT2D eigenvalue weighted by molar-refractivity contribution is 5.75. The highest BCUT2D eigenvalue weighted by Crippen LogP contribution is 2.37. The van der Waals surface area contributed by atoms with Gasteiger partial charge in [-0.1, -0.05) is 54.6 Å². The van der Waals surface area contributed by atoms with Gasteiger partial charge in [0.2, 0.25) is 0 Å². The van der Waals surface area contributed by atoms with Crippen LogP contribution in [0.1, 0.15) is 16.8 Å². The topological polar surface area (TPSA) is 25.8 Å². The van der Waals surface area contributed by atoms with Crippen LogP contribution in [0.25, 0.3) is 22.6 Å². The largest absolute Gasteiger partial charge is 0.233 e. The van der Waals surface area contributed by atoms with Crippen LogP contribution in [0.3, 0.4) is 0 Å². The Kier molecular flexibility index (Phi) is 2.43. The summed E-state index contributed by atoms with van der Waals surface area (Å²) in [4.78, 5) is 9.50. The molecule has 0 spiro atoms. The number of hydrogen-bond acceptors (Lipinski definition) is 2. The van der Waals surface area contributed by atoms with Crippen LogP contribution in [0, 0.1) is 6.92 Å². The van der Waals surface area contributed by atoms with Crippen molar-refractivity contribution in [1.82, 2.24) is 9.97 Å². The third-order valence-corrected chi connectivity index (χ3v) is 3.89. The molecule has 2 aromatic carbocycles. The third kappa shape index (κ3) is 1.65. The molecule has 96 valence electrons. The fourth-order valence-corrected chi connectivity index (χ4v) is 2.84. The minimum atomic E-state index is 0.818. The van der Waals surface area contributed by atoms with Crippen molar-refractivity contribution in [2.45, 2.75) is 13.3 Å². The zero-order valence-electron chi connectivity index (χ0n) is 11.3. The fourth-order valence-electron chi connectivity index (χ4n) is 2.84. The summed E-state index contributed by atoms with van der Waals surface area (Å²) >= 11 is 0. The summed E-state index contributed by atoms with van der Waals surface area (Å²) in [6.45, 7) is 2.08. The summed E-state index contributed by atoms with van der Waals surface area (Å²) in [5, 5.41) is 0. The Bertz CT molecular complexity index is 792. The molecular formula is C18H14N2. The summed E-state index contributed by atoms with van der Waals surface area (Å²) in [6.07, 6.45) is 0.951. The Labute approximate surface area is 118 Å². The van der Waals surface area contributed by atoms with Crippen LogP contribution >= 0.6 is 0 Å². The molecule has 1 aromatic heterocycles. The van der Waals surface area contributed by atoms with Gasteiger partial charge >= 0.3 is 0 Å². The second-order valence-corrected chi connectivity index (χ2v) is 5.16. The summed E-state index contributed by atoms with van der Waals surface area (Å²) < 4.78 is 0. The molecule has 0 saturated carbocycles. The molecular weight excluding hydrogens is 244 g/mol. The molecule has 0 saturated heterocycles. The molecule has 0 aliphatic heterocycles. The van der Waals surface area contributed by atoms with E-state index in [1.165, 1.54) is 16.7 Å². The van der Waals surface area contributed by atoms with Crippen LogP contribution in [0.4, 0.5) is 0 Å². The average molecular weight is 258 g/mol. The number of fused-ring (bicyclic) bond motifs is 3. The van der Waals surface area contributed by atoms with Gasteiger partial charge in [-0.05, 0) is 12.5 Å². The van der Waals surface area contributed by atoms with Gasteiger partial charge in [-0.15, -0.1) is 0 Å². The quantitative estimate of drug-likeness (QED) is 0.515. The molecule has 0 bridgehead atoms. The highest BCUT2D eigenvalue weighted by atomic mass is 14.9. The minimum absolute atomic E-state index is 0.818. The molecule has 1 aliphatic rings. The summed E-state index contributed by atoms with van der Waals surface area (Å²) in [6, 6.07) is 18.7. The van der Waals surface area contributed by atoms with Crippen LogP contribution in [-0.4, -0.2) is 9.97 Å². The first kappa shape index (κ1) is 11.4. The molecule has 2 heteroatoms. The highest BCUT2D eigenvalue weighted by Gasteiger charge is 2.22. The van der Waals surface area contributed by atoms with Crippen LogP contribution in [0.2, 0.25) is 0 Å². The monoisotopic (exact) mass is 258 g/mol. The lowest BCUT2D eigenvalue weighted by atomic mass is 10.1. The predicted molar refractivity (Wildman–Crippen MR) is 80.4 cm³/mol. The van der Waals surface area contributed by atoms with Crippen molar-refractivity contribution in [2.75, 3.05) is 0 Å². The zero-order chi connectivity index (χ0) is 13.5. The van der Waals surface area contributed by atoms with E-state index in [1.54, 1.807) is 0 Å². The van der Waals surface area contributed by atoms with Crippen molar-refractivity contribution in [2.24, 2.45) is 0 Å². The molecule has 0 N–H and O–H groups in total. The summed E-state index contributed by atoms with van der Waals surface area (Å²) in [7, 11) is 0. The fraction of sp³-hybridized carbons (Fsp3) is 0.111. The number of hydrogen-bond donors (Lipinski definition) is 0. The number of rotatable bonds is 1. The van der Waals surface area contributed by atoms with E-state index in [4.69, 9.17) is 4.98 Å². The van der Waals surface area contributed by atoms with Crippen molar-refractivity contribution in [3.05, 3.63) is 71.4 Å². The average Bonchev–Trinajstić information content (AvgIpc) is 2.88. The van der Waals surface area contributed by atoms with Gasteiger partial charge in [-0.3, -0.25) is 0 Å². The Balaban J connectivity index is 1.94. The Morgan fingerprint density at radius 3 is 2.45 bits per heavy atom. The Hall–Kier alpha value is -2.48. The zero-order valence-corrected chi connectivity index (χ0v) is 11.3. The molecule has 1 aliphatic carbocycles. The van der Waals surface area contributed by atoms with E-state index < -0.39 is 0 Å². The molecule has 0 amide bonds. The van der Waals surface area contributed by atoms with Gasteiger partial charge in [0.1, 0.15) is 0 Å². The number of nitrogens with zero attached hydrogens (tertiary/aromatic N) is 2. The van der Waals surface area contributed by atoms with Gasteiger partial charge in [-0.25, -0.2) is 9.97 Å². The number of aromatic nitrogens is 2. The first-order valence-corrected chi connectivity index (χ1v) is 6.84. The summed E-state index contributed by atoms with van der Waals surface area (Å²) in [5.41, 5.74) is 7.14. The van der Waals surface area contributed by atoms with Crippen LogP contribution in [-0.2, 0) is 6.42 Å². The first-order valence-electron chi connectivity index (χ1n) is 6.84. The molecule has 0 unspecified atom stereocenters. The van der Waals surface area contributed by atoms with E-state index in [1.807, 2.05) is 18.2 Å². The number of benzene rings is 2. The Morgan fingerprint density at radius 2 is 1.60 bits per heavy atom. The Morgan fingerprint density at radius 1 is 0.850 bits per heavy atom. The van der Waals surface area contributed by atoms with Crippen molar-refractivity contribution < 1.29 is 0 Å². The van der Waals surface area contributed by atoms with Crippen LogP contribution in [0.15, 0.2) is 54.6 Å².